The van der Waals surface area contributed by atoms with Crippen molar-refractivity contribution in [2.75, 3.05) is 0 Å². The van der Waals surface area contributed by atoms with Crippen LogP contribution in [-0.2, 0) is 0 Å². The first kappa shape index (κ1) is 8.59. The molecule has 0 radical (unpaired) electrons. The molecule has 2 aromatic rings. The summed E-state index contributed by atoms with van der Waals surface area (Å²) in [6.45, 7) is 4.00. The van der Waals surface area contributed by atoms with Crippen molar-refractivity contribution in [3.8, 4) is 0 Å². The molecule has 3 nitrogen and oxygen atoms in total. The van der Waals surface area contributed by atoms with Crippen molar-refractivity contribution in [1.82, 2.24) is 9.97 Å². The predicted octanol–water partition coefficient (Wildman–Crippen LogP) is 1.88. The number of H-pyrrole nitrogens is 2. The first-order valence-corrected chi connectivity index (χ1v) is 4.03. The van der Waals surface area contributed by atoms with Gasteiger partial charge in [-0.05, 0) is 6.07 Å². The number of rotatable bonds is 0. The molecule has 0 bridgehead atoms. The van der Waals surface area contributed by atoms with E-state index in [0.717, 1.165) is 5.65 Å². The van der Waals surface area contributed by atoms with Crippen molar-refractivity contribution in [1.29, 1.82) is 0 Å². The fourth-order valence-corrected chi connectivity index (χ4v) is 0.985. The Morgan fingerprint density at radius 2 is 1.67 bits per heavy atom. The van der Waals surface area contributed by atoms with Gasteiger partial charge in [-0.2, -0.15) is 0 Å². The fraction of sp³-hybridized carbons (Fsp3) is 0.222. The first-order chi connectivity index (χ1) is 5.88. The molecule has 64 valence electrons. The summed E-state index contributed by atoms with van der Waals surface area (Å²) in [5.74, 6) is 0. The smallest absolute Gasteiger partial charge is 0.190 e. The number of aromatic amines is 2. The first-order valence-electron chi connectivity index (χ1n) is 4.03. The molecule has 3 heteroatoms. The van der Waals surface area contributed by atoms with E-state index in [9.17, 15) is 4.79 Å². The second kappa shape index (κ2) is 3.76. The van der Waals surface area contributed by atoms with Crippen molar-refractivity contribution in [3.05, 3.63) is 34.7 Å². The third-order valence-corrected chi connectivity index (χ3v) is 1.47. The van der Waals surface area contributed by atoms with E-state index in [1.54, 1.807) is 18.5 Å². The van der Waals surface area contributed by atoms with Crippen LogP contribution in [0.5, 0.6) is 0 Å². The molecule has 0 amide bonds. The van der Waals surface area contributed by atoms with Crippen LogP contribution in [0, 0.1) is 0 Å². The molecule has 0 aliphatic carbocycles. The van der Waals surface area contributed by atoms with E-state index in [2.05, 4.69) is 9.97 Å². The Balaban J connectivity index is 0.000000336. The van der Waals surface area contributed by atoms with Gasteiger partial charge in [0.2, 0.25) is 0 Å². The molecule has 0 saturated carbocycles. The lowest BCUT2D eigenvalue weighted by Crippen LogP contribution is -1.97. The number of fused-ring (bicyclic) bond motifs is 1. The molecular weight excluding hydrogens is 152 g/mol. The summed E-state index contributed by atoms with van der Waals surface area (Å²) in [5, 5.41) is 0.711. The largest absolute Gasteiger partial charge is 0.348 e. The summed E-state index contributed by atoms with van der Waals surface area (Å²) in [6, 6.07) is 3.27. The molecule has 2 N–H and O–H groups in total. The van der Waals surface area contributed by atoms with Crippen molar-refractivity contribution in [2.24, 2.45) is 0 Å². The van der Waals surface area contributed by atoms with Gasteiger partial charge in [-0.3, -0.25) is 4.79 Å². The molecule has 0 aliphatic rings. The zero-order chi connectivity index (χ0) is 8.97. The van der Waals surface area contributed by atoms with Crippen molar-refractivity contribution in [2.45, 2.75) is 13.8 Å². The van der Waals surface area contributed by atoms with Crippen molar-refractivity contribution < 1.29 is 0 Å². The lowest BCUT2D eigenvalue weighted by atomic mass is 10.3. The second-order valence-corrected chi connectivity index (χ2v) is 2.11. The normalized spacial score (nSPS) is 9.17. The second-order valence-electron chi connectivity index (χ2n) is 2.11. The van der Waals surface area contributed by atoms with Gasteiger partial charge >= 0.3 is 0 Å². The van der Waals surface area contributed by atoms with Crippen LogP contribution in [0.25, 0.3) is 11.0 Å². The molecule has 2 rings (SSSR count). The lowest BCUT2D eigenvalue weighted by Gasteiger charge is -1.84. The highest BCUT2D eigenvalue weighted by Gasteiger charge is 1.94. The summed E-state index contributed by atoms with van der Waals surface area (Å²) in [5.41, 5.74) is 0.836. The van der Waals surface area contributed by atoms with Gasteiger partial charge in [0.25, 0.3) is 0 Å². The highest BCUT2D eigenvalue weighted by molar-refractivity contribution is 5.74. The quantitative estimate of drug-likeness (QED) is 0.613. The number of hydrogen-bond donors (Lipinski definition) is 2. The average molecular weight is 164 g/mol. The van der Waals surface area contributed by atoms with E-state index in [1.807, 2.05) is 13.8 Å². The van der Waals surface area contributed by atoms with E-state index >= 15 is 0 Å². The van der Waals surface area contributed by atoms with Gasteiger partial charge in [0, 0.05) is 18.5 Å². The van der Waals surface area contributed by atoms with Crippen LogP contribution in [0.4, 0.5) is 0 Å². The van der Waals surface area contributed by atoms with E-state index in [1.165, 1.54) is 6.07 Å². The van der Waals surface area contributed by atoms with Crippen LogP contribution in [-0.4, -0.2) is 9.97 Å². The topological polar surface area (TPSA) is 48.6 Å². The minimum absolute atomic E-state index is 0.0509. The summed E-state index contributed by atoms with van der Waals surface area (Å²) in [4.78, 5) is 16.8. The van der Waals surface area contributed by atoms with Crippen LogP contribution in [0.2, 0.25) is 0 Å². The maximum atomic E-state index is 11.0. The van der Waals surface area contributed by atoms with Gasteiger partial charge in [-0.1, -0.05) is 13.8 Å². The molecule has 0 aromatic carbocycles. The fourth-order valence-electron chi connectivity index (χ4n) is 0.985. The SMILES string of the molecule is CC.O=c1cc[nH]c2[nH]ccc12. The van der Waals surface area contributed by atoms with Crippen LogP contribution in [0.3, 0.4) is 0 Å². The minimum Gasteiger partial charge on any atom is -0.348 e. The van der Waals surface area contributed by atoms with Crippen LogP contribution < -0.4 is 5.43 Å². The minimum atomic E-state index is 0.0509. The highest BCUT2D eigenvalue weighted by Crippen LogP contribution is 2.00. The molecular formula is C9H12N2O. The van der Waals surface area contributed by atoms with Crippen molar-refractivity contribution in [3.63, 3.8) is 0 Å². The monoisotopic (exact) mass is 164 g/mol. The van der Waals surface area contributed by atoms with Gasteiger partial charge in [0.1, 0.15) is 5.65 Å². The van der Waals surface area contributed by atoms with Crippen LogP contribution in [0.15, 0.2) is 29.3 Å². The molecule has 0 saturated heterocycles. The summed E-state index contributed by atoms with van der Waals surface area (Å²) in [6.07, 6.45) is 3.36. The Labute approximate surface area is 70.4 Å². The Morgan fingerprint density at radius 1 is 1.08 bits per heavy atom. The van der Waals surface area contributed by atoms with Crippen LogP contribution >= 0.6 is 0 Å². The average Bonchev–Trinajstić information content (AvgIpc) is 2.57. The summed E-state index contributed by atoms with van der Waals surface area (Å²) in [7, 11) is 0. The molecule has 0 atom stereocenters. The lowest BCUT2D eigenvalue weighted by molar-refractivity contribution is 1.32. The third kappa shape index (κ3) is 1.39. The molecule has 0 spiro atoms. The Morgan fingerprint density at radius 3 is 2.25 bits per heavy atom. The molecule has 0 aliphatic heterocycles. The molecule has 0 fully saturated rings. The number of hydrogen-bond acceptors (Lipinski definition) is 1. The maximum absolute atomic E-state index is 11.0. The van der Waals surface area contributed by atoms with E-state index in [-0.39, 0.29) is 5.43 Å². The maximum Gasteiger partial charge on any atom is 0.190 e. The molecule has 2 heterocycles. The van der Waals surface area contributed by atoms with Gasteiger partial charge in [-0.25, -0.2) is 0 Å². The predicted molar refractivity (Wildman–Crippen MR) is 50.3 cm³/mol. The van der Waals surface area contributed by atoms with E-state index in [4.69, 9.17) is 0 Å². The molecule has 0 unspecified atom stereocenters. The number of nitrogens with one attached hydrogen (secondary N) is 2. The van der Waals surface area contributed by atoms with Gasteiger partial charge < -0.3 is 9.97 Å². The Bertz CT molecular complexity index is 400. The Hall–Kier alpha value is -1.51. The van der Waals surface area contributed by atoms with Gasteiger partial charge in [-0.15, -0.1) is 0 Å². The molecule has 12 heavy (non-hydrogen) atoms. The van der Waals surface area contributed by atoms with Crippen LogP contribution in [0.1, 0.15) is 13.8 Å². The van der Waals surface area contributed by atoms with Gasteiger partial charge in [0.15, 0.2) is 5.43 Å². The Kier molecular flexibility index (Phi) is 2.69. The zero-order valence-electron chi connectivity index (χ0n) is 7.22. The third-order valence-electron chi connectivity index (χ3n) is 1.47. The summed E-state index contributed by atoms with van der Waals surface area (Å²) >= 11 is 0. The highest BCUT2D eigenvalue weighted by atomic mass is 16.1. The van der Waals surface area contributed by atoms with E-state index in [0.29, 0.717) is 5.39 Å². The number of pyridine rings is 1. The molecule has 2 aromatic heterocycles. The standard InChI is InChI=1S/C7H6N2O.C2H6/c10-6-2-4-9-7-5(6)1-3-8-7;1-2/h1-4H,(H2,8,9,10);1-2H3. The van der Waals surface area contributed by atoms with Gasteiger partial charge in [0.05, 0.1) is 5.39 Å². The van der Waals surface area contributed by atoms with E-state index < -0.39 is 0 Å². The zero-order valence-corrected chi connectivity index (χ0v) is 7.22. The summed E-state index contributed by atoms with van der Waals surface area (Å²) < 4.78 is 0. The van der Waals surface area contributed by atoms with Crippen molar-refractivity contribution >= 4 is 11.0 Å². The number of aromatic nitrogens is 2.